The highest BCUT2D eigenvalue weighted by atomic mass is 79.9. The van der Waals surface area contributed by atoms with Crippen LogP contribution in [0.5, 0.6) is 0 Å². The van der Waals surface area contributed by atoms with E-state index in [1.165, 1.54) is 36.0 Å². The summed E-state index contributed by atoms with van der Waals surface area (Å²) in [6, 6.07) is 11.0. The van der Waals surface area contributed by atoms with E-state index >= 15 is 0 Å². The number of halogens is 2. The van der Waals surface area contributed by atoms with Gasteiger partial charge in [0.1, 0.15) is 5.82 Å². The fourth-order valence-electron chi connectivity index (χ4n) is 2.67. The molecule has 0 aliphatic carbocycles. The summed E-state index contributed by atoms with van der Waals surface area (Å²) in [4.78, 5) is 30.0. The SMILES string of the molecule is CCCn1c(SC(C)C(=O)Nc2ccc(F)cc2)nc2ccc(Br)cc2c1=O. The Morgan fingerprint density at radius 3 is 2.68 bits per heavy atom. The minimum atomic E-state index is -0.493. The Kier molecular flexibility index (Phi) is 6.51. The standard InChI is InChI=1S/C20H19BrFN3O2S/c1-3-10-25-19(27)16-11-13(21)4-9-17(16)24-20(25)28-12(2)18(26)23-15-7-5-14(22)6-8-15/h4-9,11-12H,3,10H2,1-2H3,(H,23,26). The van der Waals surface area contributed by atoms with Crippen molar-refractivity contribution in [1.82, 2.24) is 9.55 Å². The molecule has 0 saturated heterocycles. The van der Waals surface area contributed by atoms with Gasteiger partial charge in [-0.3, -0.25) is 14.2 Å². The van der Waals surface area contributed by atoms with Gasteiger partial charge in [-0.2, -0.15) is 0 Å². The molecule has 2 aromatic carbocycles. The third-order valence-electron chi connectivity index (χ3n) is 4.09. The number of nitrogens with one attached hydrogen (secondary N) is 1. The Labute approximate surface area is 174 Å². The first-order valence-corrected chi connectivity index (χ1v) is 10.5. The maximum absolute atomic E-state index is 13.0. The van der Waals surface area contributed by atoms with E-state index in [4.69, 9.17) is 0 Å². The lowest BCUT2D eigenvalue weighted by atomic mass is 10.2. The first-order chi connectivity index (χ1) is 13.4. The molecule has 0 fully saturated rings. The van der Waals surface area contributed by atoms with Crippen molar-refractivity contribution in [2.45, 2.75) is 37.2 Å². The predicted molar refractivity (Wildman–Crippen MR) is 114 cm³/mol. The van der Waals surface area contributed by atoms with Crippen LogP contribution in [-0.4, -0.2) is 20.7 Å². The molecular weight excluding hydrogens is 445 g/mol. The molecule has 1 atom stereocenters. The van der Waals surface area contributed by atoms with E-state index in [0.29, 0.717) is 28.3 Å². The van der Waals surface area contributed by atoms with Crippen molar-refractivity contribution >= 4 is 50.2 Å². The van der Waals surface area contributed by atoms with Crippen LogP contribution in [0.3, 0.4) is 0 Å². The number of carbonyl (C=O) groups is 1. The average Bonchev–Trinajstić information content (AvgIpc) is 2.67. The van der Waals surface area contributed by atoms with Crippen LogP contribution in [-0.2, 0) is 11.3 Å². The van der Waals surface area contributed by atoms with Gasteiger partial charge in [0.2, 0.25) is 5.91 Å². The topological polar surface area (TPSA) is 64.0 Å². The van der Waals surface area contributed by atoms with E-state index in [2.05, 4.69) is 26.2 Å². The van der Waals surface area contributed by atoms with Gasteiger partial charge in [-0.25, -0.2) is 9.37 Å². The summed E-state index contributed by atoms with van der Waals surface area (Å²) >= 11 is 4.61. The van der Waals surface area contributed by atoms with Gasteiger partial charge in [0.25, 0.3) is 5.56 Å². The van der Waals surface area contributed by atoms with Crippen molar-refractivity contribution in [1.29, 1.82) is 0 Å². The zero-order valence-electron chi connectivity index (χ0n) is 15.4. The van der Waals surface area contributed by atoms with Crippen molar-refractivity contribution in [2.24, 2.45) is 0 Å². The van der Waals surface area contributed by atoms with Crippen LogP contribution in [0, 0.1) is 5.82 Å². The first kappa shape index (κ1) is 20.5. The van der Waals surface area contributed by atoms with Gasteiger partial charge >= 0.3 is 0 Å². The second kappa shape index (κ2) is 8.87. The first-order valence-electron chi connectivity index (χ1n) is 8.82. The number of aromatic nitrogens is 2. The van der Waals surface area contributed by atoms with E-state index in [0.717, 1.165) is 10.9 Å². The fraction of sp³-hybridized carbons (Fsp3) is 0.250. The lowest BCUT2D eigenvalue weighted by molar-refractivity contribution is -0.115. The molecule has 0 aliphatic heterocycles. The number of thioether (sulfide) groups is 1. The number of benzene rings is 2. The molecule has 5 nitrogen and oxygen atoms in total. The second-order valence-corrected chi connectivity index (χ2v) is 8.49. The molecule has 1 heterocycles. The molecule has 28 heavy (non-hydrogen) atoms. The highest BCUT2D eigenvalue weighted by Gasteiger charge is 2.19. The summed E-state index contributed by atoms with van der Waals surface area (Å²) in [5.41, 5.74) is 0.983. The summed E-state index contributed by atoms with van der Waals surface area (Å²) in [6.45, 7) is 4.25. The Morgan fingerprint density at radius 2 is 2.00 bits per heavy atom. The van der Waals surface area contributed by atoms with Crippen LogP contribution in [0.4, 0.5) is 10.1 Å². The average molecular weight is 464 g/mol. The smallest absolute Gasteiger partial charge is 0.262 e. The number of hydrogen-bond acceptors (Lipinski definition) is 4. The Morgan fingerprint density at radius 1 is 1.29 bits per heavy atom. The monoisotopic (exact) mass is 463 g/mol. The number of carbonyl (C=O) groups excluding carboxylic acids is 1. The maximum atomic E-state index is 13.0. The van der Waals surface area contributed by atoms with Crippen LogP contribution in [0.1, 0.15) is 20.3 Å². The van der Waals surface area contributed by atoms with Gasteiger partial charge in [-0.1, -0.05) is 34.6 Å². The third-order valence-corrected chi connectivity index (χ3v) is 5.67. The number of anilines is 1. The molecule has 1 aromatic heterocycles. The van der Waals surface area contributed by atoms with Gasteiger partial charge in [0.15, 0.2) is 5.16 Å². The number of fused-ring (bicyclic) bond motifs is 1. The van der Waals surface area contributed by atoms with E-state index in [1.54, 1.807) is 23.6 Å². The summed E-state index contributed by atoms with van der Waals surface area (Å²) < 4.78 is 15.4. The fourth-order valence-corrected chi connectivity index (χ4v) is 3.97. The molecule has 3 aromatic rings. The van der Waals surface area contributed by atoms with Crippen LogP contribution >= 0.6 is 27.7 Å². The molecule has 0 radical (unpaired) electrons. The molecule has 1 N–H and O–H groups in total. The van der Waals surface area contributed by atoms with Crippen molar-refractivity contribution in [3.8, 4) is 0 Å². The summed E-state index contributed by atoms with van der Waals surface area (Å²) in [7, 11) is 0. The van der Waals surface area contributed by atoms with Gasteiger partial charge in [-0.15, -0.1) is 0 Å². The quantitative estimate of drug-likeness (QED) is 0.420. The van der Waals surface area contributed by atoms with Crippen LogP contribution in [0.15, 0.2) is 56.9 Å². The van der Waals surface area contributed by atoms with E-state index in [1.807, 2.05) is 13.0 Å². The third kappa shape index (κ3) is 4.62. The van der Waals surface area contributed by atoms with E-state index < -0.39 is 5.25 Å². The zero-order chi connectivity index (χ0) is 20.3. The molecule has 3 rings (SSSR count). The van der Waals surface area contributed by atoms with Crippen LogP contribution in [0.2, 0.25) is 0 Å². The molecule has 1 amide bonds. The lowest BCUT2D eigenvalue weighted by Gasteiger charge is -2.16. The van der Waals surface area contributed by atoms with E-state index in [-0.39, 0.29) is 17.3 Å². The van der Waals surface area contributed by atoms with Crippen molar-refractivity contribution in [2.75, 3.05) is 5.32 Å². The highest BCUT2D eigenvalue weighted by Crippen LogP contribution is 2.25. The number of amides is 1. The van der Waals surface area contributed by atoms with E-state index in [9.17, 15) is 14.0 Å². The largest absolute Gasteiger partial charge is 0.325 e. The minimum Gasteiger partial charge on any atom is -0.325 e. The second-order valence-electron chi connectivity index (χ2n) is 6.27. The Bertz CT molecular complexity index is 1070. The summed E-state index contributed by atoms with van der Waals surface area (Å²) in [5, 5.41) is 3.30. The summed E-state index contributed by atoms with van der Waals surface area (Å²) in [5.74, 6) is -0.610. The normalized spacial score (nSPS) is 12.1. The molecule has 0 spiro atoms. The molecule has 0 saturated carbocycles. The Balaban J connectivity index is 1.88. The van der Waals surface area contributed by atoms with Crippen LogP contribution in [0.25, 0.3) is 10.9 Å². The minimum absolute atomic E-state index is 0.123. The van der Waals surface area contributed by atoms with Gasteiger partial charge < -0.3 is 5.32 Å². The van der Waals surface area contributed by atoms with Crippen molar-refractivity contribution in [3.63, 3.8) is 0 Å². The summed E-state index contributed by atoms with van der Waals surface area (Å²) in [6.07, 6.45) is 0.769. The highest BCUT2D eigenvalue weighted by molar-refractivity contribution is 9.10. The predicted octanol–water partition coefficient (Wildman–Crippen LogP) is 4.83. The van der Waals surface area contributed by atoms with Gasteiger partial charge in [0, 0.05) is 16.7 Å². The molecule has 0 bridgehead atoms. The molecule has 146 valence electrons. The molecule has 0 aliphatic rings. The van der Waals surface area contributed by atoms with Crippen molar-refractivity contribution in [3.05, 3.63) is 63.1 Å². The number of nitrogens with zero attached hydrogens (tertiary/aromatic N) is 2. The molecule has 1 unspecified atom stereocenters. The Hall–Kier alpha value is -2.19. The van der Waals surface area contributed by atoms with Crippen molar-refractivity contribution < 1.29 is 9.18 Å². The molecular formula is C20H19BrFN3O2S. The molecule has 8 heteroatoms. The number of hydrogen-bond donors (Lipinski definition) is 1. The number of rotatable bonds is 6. The van der Waals surface area contributed by atoms with Gasteiger partial charge in [0.05, 0.1) is 16.2 Å². The van der Waals surface area contributed by atoms with Crippen LogP contribution < -0.4 is 10.9 Å². The maximum Gasteiger partial charge on any atom is 0.262 e. The lowest BCUT2D eigenvalue weighted by Crippen LogP contribution is -2.27. The zero-order valence-corrected chi connectivity index (χ0v) is 17.8. The van der Waals surface area contributed by atoms with Gasteiger partial charge in [-0.05, 0) is 55.8 Å².